The molecule has 0 saturated carbocycles. The second-order valence-corrected chi connectivity index (χ2v) is 5.77. The minimum atomic E-state index is 0.215. The molecule has 0 amide bonds. The molecule has 0 aliphatic carbocycles. The number of rotatable bonds is 6. The Hall–Kier alpha value is -1.61. The summed E-state index contributed by atoms with van der Waals surface area (Å²) < 4.78 is 2.11. The normalized spacial score (nSPS) is 12.6. The number of hydrogen-bond donors (Lipinski definition) is 1. The maximum Gasteiger partial charge on any atom is 0.0750 e. The first kappa shape index (κ1) is 15.8. The molecule has 0 aliphatic rings. The van der Waals surface area contributed by atoms with E-state index in [1.165, 1.54) is 22.4 Å². The highest BCUT2D eigenvalue weighted by Gasteiger charge is 2.20. The van der Waals surface area contributed by atoms with Crippen LogP contribution >= 0.6 is 0 Å². The molecule has 114 valence electrons. The van der Waals surface area contributed by atoms with Gasteiger partial charge in [0, 0.05) is 6.54 Å². The van der Waals surface area contributed by atoms with Gasteiger partial charge in [0.2, 0.25) is 0 Å². The zero-order chi connectivity index (χ0) is 15.4. The first-order chi connectivity index (χ1) is 10.1. The lowest BCUT2D eigenvalue weighted by Crippen LogP contribution is -2.26. The predicted molar refractivity (Wildman–Crippen MR) is 88.7 cm³/mol. The van der Waals surface area contributed by atoms with Crippen LogP contribution in [0.15, 0.2) is 24.3 Å². The van der Waals surface area contributed by atoms with E-state index in [-0.39, 0.29) is 6.04 Å². The van der Waals surface area contributed by atoms with Gasteiger partial charge in [-0.3, -0.25) is 4.68 Å². The van der Waals surface area contributed by atoms with Crippen LogP contribution in [0.3, 0.4) is 0 Å². The number of nitrogens with zero attached hydrogens (tertiary/aromatic N) is 2. The Morgan fingerprint density at radius 1 is 1.14 bits per heavy atom. The fourth-order valence-corrected chi connectivity index (χ4v) is 2.86. The summed E-state index contributed by atoms with van der Waals surface area (Å²) in [6.07, 6.45) is 1.13. The Labute approximate surface area is 128 Å². The van der Waals surface area contributed by atoms with E-state index in [1.807, 2.05) is 0 Å². The van der Waals surface area contributed by atoms with Crippen molar-refractivity contribution in [3.63, 3.8) is 0 Å². The average molecular weight is 285 g/mol. The summed E-state index contributed by atoms with van der Waals surface area (Å²) in [4.78, 5) is 0. The Balaban J connectivity index is 2.46. The Bertz CT molecular complexity index is 599. The third-order valence-electron chi connectivity index (χ3n) is 3.86. The number of nitrogens with one attached hydrogen (secondary N) is 1. The first-order valence-electron chi connectivity index (χ1n) is 7.91. The molecule has 0 aliphatic heterocycles. The Morgan fingerprint density at radius 3 is 2.52 bits per heavy atom. The summed E-state index contributed by atoms with van der Waals surface area (Å²) >= 11 is 0. The van der Waals surface area contributed by atoms with Gasteiger partial charge in [0.25, 0.3) is 0 Å². The van der Waals surface area contributed by atoms with Crippen molar-refractivity contribution in [1.29, 1.82) is 0 Å². The highest BCUT2D eigenvalue weighted by Crippen LogP contribution is 2.26. The van der Waals surface area contributed by atoms with Crippen LogP contribution < -0.4 is 5.32 Å². The molecule has 1 aromatic heterocycles. The van der Waals surface area contributed by atoms with E-state index in [1.54, 1.807) is 0 Å². The number of benzene rings is 1. The van der Waals surface area contributed by atoms with Gasteiger partial charge in [-0.2, -0.15) is 5.10 Å². The largest absolute Gasteiger partial charge is 0.305 e. The van der Waals surface area contributed by atoms with E-state index in [9.17, 15) is 0 Å². The van der Waals surface area contributed by atoms with Crippen LogP contribution in [0.2, 0.25) is 0 Å². The van der Waals surface area contributed by atoms with Gasteiger partial charge in [-0.25, -0.2) is 0 Å². The SMILES string of the molecule is CCCNC(c1ccc(C)cc1C)c1cc(C)nn1CC. The third kappa shape index (κ3) is 3.53. The standard InChI is InChI=1S/C18H27N3/c1-6-10-19-18(16-9-8-13(3)11-14(16)4)17-12-15(5)20-21(17)7-2/h8-9,11-12,18-19H,6-7,10H2,1-5H3. The summed E-state index contributed by atoms with van der Waals surface area (Å²) in [6, 6.07) is 9.13. The van der Waals surface area contributed by atoms with Crippen LogP contribution in [-0.2, 0) is 6.54 Å². The van der Waals surface area contributed by atoms with Crippen molar-refractivity contribution >= 4 is 0 Å². The molecule has 0 radical (unpaired) electrons. The van der Waals surface area contributed by atoms with E-state index in [0.717, 1.165) is 25.2 Å². The third-order valence-corrected chi connectivity index (χ3v) is 3.86. The van der Waals surface area contributed by atoms with Gasteiger partial charge in [-0.1, -0.05) is 30.7 Å². The number of aromatic nitrogens is 2. The highest BCUT2D eigenvalue weighted by atomic mass is 15.3. The maximum absolute atomic E-state index is 4.61. The van der Waals surface area contributed by atoms with Crippen molar-refractivity contribution in [2.45, 2.75) is 53.6 Å². The quantitative estimate of drug-likeness (QED) is 0.872. The van der Waals surface area contributed by atoms with Gasteiger partial charge in [0.05, 0.1) is 17.4 Å². The summed E-state index contributed by atoms with van der Waals surface area (Å²) in [5, 5.41) is 8.30. The molecule has 0 fully saturated rings. The molecule has 2 aromatic rings. The molecule has 1 heterocycles. The second kappa shape index (κ2) is 6.90. The summed E-state index contributed by atoms with van der Waals surface area (Å²) in [7, 11) is 0. The average Bonchev–Trinajstić information content (AvgIpc) is 2.82. The van der Waals surface area contributed by atoms with Gasteiger partial charge in [0.1, 0.15) is 0 Å². The number of hydrogen-bond acceptors (Lipinski definition) is 2. The van der Waals surface area contributed by atoms with Gasteiger partial charge in [-0.05, 0) is 57.9 Å². The van der Waals surface area contributed by atoms with Crippen molar-refractivity contribution in [1.82, 2.24) is 15.1 Å². The molecule has 3 nitrogen and oxygen atoms in total. The predicted octanol–water partition coefficient (Wildman–Crippen LogP) is 3.92. The van der Waals surface area contributed by atoms with Crippen molar-refractivity contribution in [3.05, 3.63) is 52.3 Å². The van der Waals surface area contributed by atoms with Crippen LogP contribution in [-0.4, -0.2) is 16.3 Å². The van der Waals surface area contributed by atoms with Crippen molar-refractivity contribution in [3.8, 4) is 0 Å². The molecule has 1 unspecified atom stereocenters. The topological polar surface area (TPSA) is 29.9 Å². The number of aryl methyl sites for hydroxylation is 4. The molecule has 1 aromatic carbocycles. The van der Waals surface area contributed by atoms with E-state index >= 15 is 0 Å². The van der Waals surface area contributed by atoms with E-state index in [2.05, 4.69) is 74.0 Å². The molecule has 21 heavy (non-hydrogen) atoms. The van der Waals surface area contributed by atoms with E-state index in [0.29, 0.717) is 0 Å². The van der Waals surface area contributed by atoms with Gasteiger partial charge in [0.15, 0.2) is 0 Å². The molecule has 1 atom stereocenters. The fourth-order valence-electron chi connectivity index (χ4n) is 2.86. The summed E-state index contributed by atoms with van der Waals surface area (Å²) in [6.45, 7) is 12.7. The smallest absolute Gasteiger partial charge is 0.0750 e. The lowest BCUT2D eigenvalue weighted by molar-refractivity contribution is 0.527. The summed E-state index contributed by atoms with van der Waals surface area (Å²) in [5.41, 5.74) is 6.34. The van der Waals surface area contributed by atoms with Crippen molar-refractivity contribution in [2.24, 2.45) is 0 Å². The lowest BCUT2D eigenvalue weighted by atomic mass is 9.96. The molecule has 0 saturated heterocycles. The van der Waals surface area contributed by atoms with Crippen molar-refractivity contribution in [2.75, 3.05) is 6.54 Å². The van der Waals surface area contributed by atoms with E-state index < -0.39 is 0 Å². The first-order valence-corrected chi connectivity index (χ1v) is 7.91. The fraction of sp³-hybridized carbons (Fsp3) is 0.500. The van der Waals surface area contributed by atoms with Crippen LogP contribution in [0.4, 0.5) is 0 Å². The molecule has 0 bridgehead atoms. The zero-order valence-corrected chi connectivity index (χ0v) is 13.9. The maximum atomic E-state index is 4.61. The van der Waals surface area contributed by atoms with Gasteiger partial charge in [-0.15, -0.1) is 0 Å². The van der Waals surface area contributed by atoms with Gasteiger partial charge >= 0.3 is 0 Å². The van der Waals surface area contributed by atoms with Crippen LogP contribution in [0.5, 0.6) is 0 Å². The van der Waals surface area contributed by atoms with Crippen molar-refractivity contribution < 1.29 is 0 Å². The minimum Gasteiger partial charge on any atom is -0.305 e. The molecule has 1 N–H and O–H groups in total. The van der Waals surface area contributed by atoms with Crippen LogP contribution in [0, 0.1) is 20.8 Å². The van der Waals surface area contributed by atoms with Crippen LogP contribution in [0.1, 0.15) is 54.4 Å². The monoisotopic (exact) mass is 285 g/mol. The zero-order valence-electron chi connectivity index (χ0n) is 13.9. The molecule has 3 heteroatoms. The van der Waals surface area contributed by atoms with Gasteiger partial charge < -0.3 is 5.32 Å². The highest BCUT2D eigenvalue weighted by molar-refractivity contribution is 5.37. The lowest BCUT2D eigenvalue weighted by Gasteiger charge is -2.22. The molecule has 2 rings (SSSR count). The van der Waals surface area contributed by atoms with E-state index in [4.69, 9.17) is 0 Å². The molecular formula is C18H27N3. The Morgan fingerprint density at radius 2 is 1.90 bits per heavy atom. The minimum absolute atomic E-state index is 0.215. The second-order valence-electron chi connectivity index (χ2n) is 5.77. The molecular weight excluding hydrogens is 258 g/mol. The summed E-state index contributed by atoms with van der Waals surface area (Å²) in [5.74, 6) is 0. The van der Waals surface area contributed by atoms with Crippen LogP contribution in [0.25, 0.3) is 0 Å². The Kier molecular flexibility index (Phi) is 5.18. The molecule has 0 spiro atoms.